The van der Waals surface area contributed by atoms with Crippen molar-refractivity contribution >= 4 is 23.5 Å². The summed E-state index contributed by atoms with van der Waals surface area (Å²) >= 11 is 0. The second kappa shape index (κ2) is 6.95. The minimum Gasteiger partial charge on any atom is -0.472 e. The third-order valence-corrected chi connectivity index (χ3v) is 10.0. The number of epoxide rings is 1. The van der Waals surface area contributed by atoms with Crippen molar-refractivity contribution in [2.24, 2.45) is 28.1 Å². The van der Waals surface area contributed by atoms with Gasteiger partial charge in [0.15, 0.2) is 6.10 Å². The van der Waals surface area contributed by atoms with Gasteiger partial charge in [0.05, 0.1) is 43.2 Å². The SMILES string of the molecule is COC(=O)/C=C/[C@@]12COC(C)(C)[C@@H]1C(=O)C(=O)[C@]1(C)[C@@H]2CC[C@@]2(C)[C@H](c3ccoc3)OC(=O)[C@H]3O[C@]321. The molecule has 5 aliphatic rings. The minimum absolute atomic E-state index is 0.157. The number of ketones is 2. The summed E-state index contributed by atoms with van der Waals surface area (Å²) in [6.07, 6.45) is 5.52. The van der Waals surface area contributed by atoms with Gasteiger partial charge in [-0.15, -0.1) is 0 Å². The van der Waals surface area contributed by atoms with Gasteiger partial charge in [0.1, 0.15) is 11.7 Å². The molecule has 0 bridgehead atoms. The van der Waals surface area contributed by atoms with E-state index in [1.54, 1.807) is 32.9 Å². The first-order valence-corrected chi connectivity index (χ1v) is 12.3. The number of carbonyl (C=O) groups excluding carboxylic acids is 4. The predicted molar refractivity (Wildman–Crippen MR) is 121 cm³/mol. The number of cyclic esters (lactones) is 1. The largest absolute Gasteiger partial charge is 0.472 e. The highest BCUT2D eigenvalue weighted by Crippen LogP contribution is 2.78. The molecule has 1 aromatic heterocycles. The van der Waals surface area contributed by atoms with Gasteiger partial charge in [-0.3, -0.25) is 9.59 Å². The van der Waals surface area contributed by atoms with Crippen LogP contribution in [0.5, 0.6) is 0 Å². The molecule has 0 aromatic carbocycles. The monoisotopic (exact) mass is 498 g/mol. The zero-order valence-corrected chi connectivity index (χ0v) is 21.0. The van der Waals surface area contributed by atoms with Crippen LogP contribution >= 0.6 is 0 Å². The molecule has 1 aromatic rings. The Balaban J connectivity index is 1.55. The van der Waals surface area contributed by atoms with E-state index in [1.165, 1.54) is 25.7 Å². The third-order valence-electron chi connectivity index (χ3n) is 10.0. The zero-order chi connectivity index (χ0) is 25.9. The first-order valence-electron chi connectivity index (χ1n) is 12.3. The lowest BCUT2D eigenvalue weighted by atomic mass is 9.37. The van der Waals surface area contributed by atoms with Gasteiger partial charge in [-0.1, -0.05) is 13.0 Å². The molecule has 8 atom stereocenters. The molecule has 192 valence electrons. The average Bonchev–Trinajstić information content (AvgIpc) is 3.29. The maximum absolute atomic E-state index is 14.2. The number of furan rings is 1. The van der Waals surface area contributed by atoms with Crippen molar-refractivity contribution < 1.29 is 42.5 Å². The van der Waals surface area contributed by atoms with Crippen molar-refractivity contribution in [3.63, 3.8) is 0 Å². The number of methoxy groups -OCH3 is 1. The molecule has 4 heterocycles. The highest BCUT2D eigenvalue weighted by molar-refractivity contribution is 6.41. The molecule has 0 unspecified atom stereocenters. The van der Waals surface area contributed by atoms with E-state index in [0.717, 1.165) is 0 Å². The van der Waals surface area contributed by atoms with Crippen molar-refractivity contribution in [1.82, 2.24) is 0 Å². The van der Waals surface area contributed by atoms with Crippen LogP contribution in [0, 0.1) is 28.1 Å². The van der Waals surface area contributed by atoms with E-state index in [2.05, 4.69) is 0 Å². The molecule has 0 radical (unpaired) electrons. The summed E-state index contributed by atoms with van der Waals surface area (Å²) in [4.78, 5) is 53.5. The lowest BCUT2D eigenvalue weighted by Gasteiger charge is -2.63. The number of carbonyl (C=O) groups is 4. The van der Waals surface area contributed by atoms with E-state index >= 15 is 0 Å². The number of ether oxygens (including phenoxy) is 4. The summed E-state index contributed by atoms with van der Waals surface area (Å²) in [5.41, 5.74) is -4.55. The van der Waals surface area contributed by atoms with Crippen LogP contribution in [0.15, 0.2) is 35.2 Å². The summed E-state index contributed by atoms with van der Waals surface area (Å²) in [5, 5.41) is 0. The van der Waals surface area contributed by atoms with Gasteiger partial charge >= 0.3 is 11.9 Å². The molecule has 0 amide bonds. The van der Waals surface area contributed by atoms with E-state index in [9.17, 15) is 19.2 Å². The number of hydrogen-bond acceptors (Lipinski definition) is 9. The van der Waals surface area contributed by atoms with Crippen LogP contribution in [0.4, 0.5) is 0 Å². The number of hydrogen-bond donors (Lipinski definition) is 0. The van der Waals surface area contributed by atoms with E-state index < -0.39 is 75.0 Å². The van der Waals surface area contributed by atoms with Crippen LogP contribution in [0.25, 0.3) is 0 Å². The molecular weight excluding hydrogens is 468 g/mol. The van der Waals surface area contributed by atoms with Gasteiger partial charge in [-0.2, -0.15) is 0 Å². The zero-order valence-electron chi connectivity index (χ0n) is 21.0. The van der Waals surface area contributed by atoms with E-state index in [-0.39, 0.29) is 6.61 Å². The van der Waals surface area contributed by atoms with Crippen molar-refractivity contribution in [3.05, 3.63) is 36.3 Å². The van der Waals surface area contributed by atoms with Gasteiger partial charge in [0.25, 0.3) is 0 Å². The molecule has 2 saturated carbocycles. The van der Waals surface area contributed by atoms with Gasteiger partial charge in [-0.05, 0) is 45.6 Å². The summed E-state index contributed by atoms with van der Waals surface area (Å²) in [6, 6.07) is 1.74. The van der Waals surface area contributed by atoms with Gasteiger partial charge in [-0.25, -0.2) is 9.59 Å². The first kappa shape index (κ1) is 23.6. The third kappa shape index (κ3) is 2.43. The predicted octanol–water partition coefficient (Wildman–Crippen LogP) is 2.73. The molecule has 0 N–H and O–H groups in total. The van der Waals surface area contributed by atoms with E-state index in [0.29, 0.717) is 18.4 Å². The van der Waals surface area contributed by atoms with Crippen LogP contribution < -0.4 is 0 Å². The van der Waals surface area contributed by atoms with Crippen molar-refractivity contribution in [3.8, 4) is 0 Å². The van der Waals surface area contributed by atoms with Crippen LogP contribution in [-0.4, -0.2) is 54.5 Å². The summed E-state index contributed by atoms with van der Waals surface area (Å²) in [5.74, 6) is -3.42. The second-order valence-electron chi connectivity index (χ2n) is 11.8. The molecule has 9 heteroatoms. The van der Waals surface area contributed by atoms with Crippen LogP contribution in [0.1, 0.15) is 52.2 Å². The van der Waals surface area contributed by atoms with Crippen LogP contribution in [0.3, 0.4) is 0 Å². The fourth-order valence-electron chi connectivity index (χ4n) is 8.52. The number of esters is 2. The lowest BCUT2D eigenvalue weighted by molar-refractivity contribution is -0.205. The summed E-state index contributed by atoms with van der Waals surface area (Å²) in [7, 11) is 1.29. The van der Waals surface area contributed by atoms with E-state index in [1.807, 2.05) is 6.92 Å². The molecule has 3 aliphatic heterocycles. The Bertz CT molecular complexity index is 1210. The van der Waals surface area contributed by atoms with Crippen LogP contribution in [-0.2, 0) is 38.1 Å². The molecule has 9 nitrogen and oxygen atoms in total. The minimum atomic E-state index is -1.34. The maximum Gasteiger partial charge on any atom is 0.339 e. The second-order valence-corrected chi connectivity index (χ2v) is 11.8. The van der Waals surface area contributed by atoms with Crippen LogP contribution in [0.2, 0.25) is 0 Å². The molecular formula is C27H30O9. The Hall–Kier alpha value is -2.78. The van der Waals surface area contributed by atoms with Crippen molar-refractivity contribution in [2.45, 2.75) is 63.9 Å². The van der Waals surface area contributed by atoms with E-state index in [4.69, 9.17) is 23.4 Å². The normalized spacial score (nSPS) is 46.4. The number of fused-ring (bicyclic) bond motifs is 3. The quantitative estimate of drug-likeness (QED) is 0.268. The number of rotatable bonds is 3. The fraction of sp³-hybridized carbons (Fsp3) is 0.630. The molecule has 1 spiro atoms. The molecule has 2 aliphatic carbocycles. The Labute approximate surface area is 208 Å². The summed E-state index contributed by atoms with van der Waals surface area (Å²) < 4.78 is 28.4. The van der Waals surface area contributed by atoms with Gasteiger partial charge in [0, 0.05) is 22.5 Å². The summed E-state index contributed by atoms with van der Waals surface area (Å²) in [6.45, 7) is 7.48. The number of Topliss-reactive ketones (excluding diaryl/α,β-unsaturated/α-hetero) is 2. The average molecular weight is 499 g/mol. The molecule has 5 fully saturated rings. The van der Waals surface area contributed by atoms with Gasteiger partial charge in [0.2, 0.25) is 11.6 Å². The van der Waals surface area contributed by atoms with Crippen molar-refractivity contribution in [2.75, 3.05) is 13.7 Å². The van der Waals surface area contributed by atoms with Gasteiger partial charge < -0.3 is 23.4 Å². The Morgan fingerprint density at radius 1 is 1.14 bits per heavy atom. The molecule has 6 rings (SSSR count). The first-order chi connectivity index (χ1) is 16.9. The highest BCUT2D eigenvalue weighted by atomic mass is 16.7. The smallest absolute Gasteiger partial charge is 0.339 e. The fourth-order valence-corrected chi connectivity index (χ4v) is 8.52. The van der Waals surface area contributed by atoms with Crippen molar-refractivity contribution in [1.29, 1.82) is 0 Å². The standard InChI is InChI=1S/C27H30O9/c1-23(2)18-17(29)19(30)25(4)15(26(18,13-34-23)10-7-16(28)32-5)6-9-24(3)20(14-8-11-33-12-14)35-22(31)21-27(24,25)36-21/h7-8,10-12,15,18,20-21H,6,9,13H2,1-5H3/b10-7+/t15-,18-,20-,21+,24-,25-,26-,27+/m0/s1. The Kier molecular flexibility index (Phi) is 4.56. The lowest BCUT2D eigenvalue weighted by Crippen LogP contribution is -2.73. The maximum atomic E-state index is 14.2. The Morgan fingerprint density at radius 2 is 1.89 bits per heavy atom. The molecule has 36 heavy (non-hydrogen) atoms. The Morgan fingerprint density at radius 3 is 2.56 bits per heavy atom. The highest BCUT2D eigenvalue weighted by Gasteiger charge is 2.89. The molecule has 3 saturated heterocycles. The topological polar surface area (TPSA) is 122 Å².